The van der Waals surface area contributed by atoms with Gasteiger partial charge < -0.3 is 41.7 Å². The van der Waals surface area contributed by atoms with Gasteiger partial charge in [-0.15, -0.1) is 0 Å². The predicted octanol–water partition coefficient (Wildman–Crippen LogP) is 8.61. The number of fused-ring (bicyclic) bond motifs is 6. The summed E-state index contributed by atoms with van der Waals surface area (Å²) in [5.41, 5.74) is 8.08. The average molecular weight is 1170 g/mol. The summed E-state index contributed by atoms with van der Waals surface area (Å²) in [6, 6.07) is 27.1. The van der Waals surface area contributed by atoms with Crippen LogP contribution in [-0.2, 0) is 38.4 Å². The highest BCUT2D eigenvalue weighted by Gasteiger charge is 2.49. The monoisotopic (exact) mass is 1170 g/mol. The van der Waals surface area contributed by atoms with Crippen LogP contribution in [0, 0.1) is 35.5 Å². The molecule has 4 aromatic carbocycles. The van der Waals surface area contributed by atoms with E-state index in [9.17, 15) is 28.8 Å². The van der Waals surface area contributed by atoms with Crippen molar-refractivity contribution >= 4 is 47.1 Å². The van der Waals surface area contributed by atoms with Gasteiger partial charge in [-0.25, -0.2) is 0 Å². The first-order valence-electron chi connectivity index (χ1n) is 32.4. The summed E-state index contributed by atoms with van der Waals surface area (Å²) < 4.78 is 0. The zero-order valence-corrected chi connectivity index (χ0v) is 50.6. The van der Waals surface area contributed by atoms with E-state index in [0.717, 1.165) is 109 Å². The highest BCUT2D eigenvalue weighted by molar-refractivity contribution is 5.96. The molecule has 0 spiro atoms. The number of amides is 7. The number of hydrogen-bond acceptors (Lipinski definition) is 9. The van der Waals surface area contributed by atoms with Gasteiger partial charge in [0.05, 0.1) is 18.1 Å². The SMILES string of the molecule is CC[C@@H](C)C(=O)N[C@H](C(=O)N1C[C@@H](NC(=O)C2CCC(C(=O)N[C@H]3C[C@@H](C(=O)NC4c5ccccc5-c5ccccc54)N(C(=O)[C@@H](CC(=O)[C@H](C)NC)C4CCCCC4)C3)CC2)CC1C(=O)NC1c2ccccc2-c2ccccc21)C1CCCCC1. The maximum atomic E-state index is 15.2. The fourth-order valence-electron chi connectivity index (χ4n) is 15.5. The minimum absolute atomic E-state index is 0.00452. The molecule has 456 valence electrons. The van der Waals surface area contributed by atoms with Crippen LogP contribution in [0.4, 0.5) is 0 Å². The van der Waals surface area contributed by atoms with Gasteiger partial charge in [0.15, 0.2) is 0 Å². The zero-order valence-electron chi connectivity index (χ0n) is 50.6. The summed E-state index contributed by atoms with van der Waals surface area (Å²) in [6.07, 6.45) is 12.1. The first-order valence-corrected chi connectivity index (χ1v) is 32.4. The Bertz CT molecular complexity index is 2880. The van der Waals surface area contributed by atoms with Crippen molar-refractivity contribution in [3.63, 3.8) is 0 Å². The second-order valence-corrected chi connectivity index (χ2v) is 26.1. The zero-order chi connectivity index (χ0) is 60.2. The molecular weight excluding hydrogens is 1080 g/mol. The number of nitrogens with one attached hydrogen (secondary N) is 6. The molecule has 16 heteroatoms. The molecular formula is C70H88N8O8. The van der Waals surface area contributed by atoms with Crippen LogP contribution in [-0.4, -0.2) is 113 Å². The Hall–Kier alpha value is -7.20. The fraction of sp³-hybridized carbons (Fsp3) is 0.543. The number of benzene rings is 4. The molecule has 1 unspecified atom stereocenters. The predicted molar refractivity (Wildman–Crippen MR) is 329 cm³/mol. The lowest BCUT2D eigenvalue weighted by Crippen LogP contribution is -2.57. The molecule has 0 aromatic heterocycles. The molecule has 11 rings (SSSR count). The van der Waals surface area contributed by atoms with Crippen molar-refractivity contribution in [3.8, 4) is 22.3 Å². The van der Waals surface area contributed by atoms with Gasteiger partial charge in [-0.1, -0.05) is 149 Å². The van der Waals surface area contributed by atoms with Crippen molar-refractivity contribution in [2.45, 2.75) is 185 Å². The number of hydrogen-bond donors (Lipinski definition) is 6. The molecule has 2 aliphatic heterocycles. The summed E-state index contributed by atoms with van der Waals surface area (Å²) >= 11 is 0. The molecule has 0 bridgehead atoms. The molecule has 7 aliphatic rings. The second-order valence-electron chi connectivity index (χ2n) is 26.1. The molecule has 2 heterocycles. The first-order chi connectivity index (χ1) is 41.7. The number of carbonyl (C=O) groups excluding carboxylic acids is 8. The fourth-order valence-corrected chi connectivity index (χ4v) is 15.5. The van der Waals surface area contributed by atoms with Crippen LogP contribution in [0.15, 0.2) is 97.1 Å². The Morgan fingerprint density at radius 3 is 1.29 bits per heavy atom. The van der Waals surface area contributed by atoms with Gasteiger partial charge in [0.25, 0.3) is 0 Å². The smallest absolute Gasteiger partial charge is 0.246 e. The molecule has 7 amide bonds. The van der Waals surface area contributed by atoms with E-state index in [1.807, 2.05) is 93.6 Å². The van der Waals surface area contributed by atoms with Crippen LogP contribution in [0.25, 0.3) is 22.3 Å². The Morgan fingerprint density at radius 2 is 0.884 bits per heavy atom. The molecule has 8 atom stereocenters. The van der Waals surface area contributed by atoms with Gasteiger partial charge in [0.2, 0.25) is 41.4 Å². The van der Waals surface area contributed by atoms with Gasteiger partial charge in [-0.2, -0.15) is 0 Å². The van der Waals surface area contributed by atoms with Crippen LogP contribution in [0.3, 0.4) is 0 Å². The number of ketones is 1. The van der Waals surface area contributed by atoms with E-state index in [-0.39, 0.29) is 97.2 Å². The Morgan fingerprint density at radius 1 is 0.488 bits per heavy atom. The third kappa shape index (κ3) is 12.6. The third-order valence-corrected chi connectivity index (χ3v) is 20.8. The van der Waals surface area contributed by atoms with Crippen molar-refractivity contribution in [3.05, 3.63) is 119 Å². The van der Waals surface area contributed by atoms with Crippen LogP contribution in [0.1, 0.15) is 171 Å². The number of Topliss-reactive ketones (excluding diaryl/α,β-unsaturated/α-hetero) is 1. The lowest BCUT2D eigenvalue weighted by atomic mass is 9.76. The second kappa shape index (κ2) is 26.8. The lowest BCUT2D eigenvalue weighted by molar-refractivity contribution is -0.145. The van der Waals surface area contributed by atoms with E-state index in [1.54, 1.807) is 16.8 Å². The first kappa shape index (κ1) is 60.5. The summed E-state index contributed by atoms with van der Waals surface area (Å²) in [7, 11) is 1.74. The van der Waals surface area contributed by atoms with Crippen LogP contribution < -0.4 is 31.9 Å². The van der Waals surface area contributed by atoms with Crippen molar-refractivity contribution in [1.82, 2.24) is 41.7 Å². The number of likely N-dealkylation sites (tertiary alicyclic amines) is 2. The molecule has 2 saturated heterocycles. The summed E-state index contributed by atoms with van der Waals surface area (Å²) in [4.78, 5) is 119. The number of carbonyl (C=O) groups is 8. The molecule has 3 saturated carbocycles. The Balaban J connectivity index is 0.769. The molecule has 16 nitrogen and oxygen atoms in total. The van der Waals surface area contributed by atoms with E-state index < -0.39 is 66.1 Å². The van der Waals surface area contributed by atoms with E-state index >= 15 is 9.59 Å². The molecule has 6 N–H and O–H groups in total. The summed E-state index contributed by atoms with van der Waals surface area (Å²) in [5, 5.41) is 19.4. The van der Waals surface area contributed by atoms with E-state index in [0.29, 0.717) is 32.1 Å². The molecule has 5 fully saturated rings. The minimum Gasteiger partial charge on any atom is -0.351 e. The topological polar surface area (TPSA) is 215 Å². The van der Waals surface area contributed by atoms with Gasteiger partial charge >= 0.3 is 0 Å². The number of likely N-dealkylation sites (N-methyl/N-ethyl adjacent to an activating group) is 1. The molecule has 5 aliphatic carbocycles. The van der Waals surface area contributed by atoms with E-state index in [2.05, 4.69) is 56.2 Å². The van der Waals surface area contributed by atoms with Gasteiger partial charge in [0, 0.05) is 55.3 Å². The van der Waals surface area contributed by atoms with Gasteiger partial charge in [-0.3, -0.25) is 38.4 Å². The van der Waals surface area contributed by atoms with Crippen molar-refractivity contribution < 1.29 is 38.4 Å². The van der Waals surface area contributed by atoms with Gasteiger partial charge in [0.1, 0.15) is 23.9 Å². The maximum absolute atomic E-state index is 15.2. The summed E-state index contributed by atoms with van der Waals surface area (Å²) in [6.45, 7) is 5.86. The summed E-state index contributed by atoms with van der Waals surface area (Å²) in [5.74, 6) is -3.50. The number of nitrogens with zero attached hydrogens (tertiary/aromatic N) is 2. The molecule has 4 aromatic rings. The largest absolute Gasteiger partial charge is 0.351 e. The lowest BCUT2D eigenvalue weighted by Gasteiger charge is -2.35. The maximum Gasteiger partial charge on any atom is 0.246 e. The normalized spacial score (nSPS) is 24.5. The van der Waals surface area contributed by atoms with Crippen LogP contribution in [0.5, 0.6) is 0 Å². The van der Waals surface area contributed by atoms with Crippen molar-refractivity contribution in [2.24, 2.45) is 35.5 Å². The highest BCUT2D eigenvalue weighted by Crippen LogP contribution is 2.45. The van der Waals surface area contributed by atoms with E-state index in [4.69, 9.17) is 0 Å². The molecule has 0 radical (unpaired) electrons. The molecule has 86 heavy (non-hydrogen) atoms. The van der Waals surface area contributed by atoms with Crippen LogP contribution in [0.2, 0.25) is 0 Å². The van der Waals surface area contributed by atoms with Crippen molar-refractivity contribution in [2.75, 3.05) is 20.1 Å². The van der Waals surface area contributed by atoms with Crippen LogP contribution >= 0.6 is 0 Å². The average Bonchev–Trinajstić information content (AvgIpc) is 2.69. The Labute approximate surface area is 506 Å². The quantitative estimate of drug-likeness (QED) is 0.0529. The standard InChI is InChI=1S/C70H88N8O8/c1-5-41(2)64(80)74-61(44-22-10-7-11-23-44)70(86)78-40-48(37-59(78)68(84)76-63-55-30-18-14-26-51(55)52-27-15-19-31-56(52)63)73-66(82)46-34-32-45(33-35-46)65(81)72-47-36-58(67(83)75-62-53-28-16-12-24-49(53)50-25-13-17-29-54(50)62)77(39-47)69(85)57(38-60(79)42(3)71-4)43-20-8-6-9-21-43/h12-19,24-31,41-48,57-59,61-63,71H,5-11,20-23,32-40H2,1-4H3,(H,72,81)(H,73,82)(H,74,80)(H,75,83)(H,76,84)/t41-,42+,45?,46?,47+,48+,57+,58+,59?,61+/m1/s1. The minimum atomic E-state index is -0.912. The van der Waals surface area contributed by atoms with Gasteiger partial charge in [-0.05, 0) is 141 Å². The van der Waals surface area contributed by atoms with Crippen molar-refractivity contribution in [1.29, 1.82) is 0 Å². The van der Waals surface area contributed by atoms with E-state index in [1.165, 1.54) is 0 Å². The third-order valence-electron chi connectivity index (χ3n) is 20.8. The number of rotatable bonds is 19. The highest BCUT2D eigenvalue weighted by atomic mass is 16.2. The Kier molecular flexibility index (Phi) is 18.9.